The smallest absolute Gasteiger partial charge is 0.276 e. The van der Waals surface area contributed by atoms with Crippen molar-refractivity contribution in [3.05, 3.63) is 87.4 Å². The fourth-order valence-electron chi connectivity index (χ4n) is 4.94. The molecule has 1 aliphatic rings. The zero-order chi connectivity index (χ0) is 24.8. The highest BCUT2D eigenvalue weighted by molar-refractivity contribution is 6.36. The molecule has 3 heterocycles. The highest BCUT2D eigenvalue weighted by Crippen LogP contribution is 2.32. The van der Waals surface area contributed by atoms with Gasteiger partial charge in [0.15, 0.2) is 5.78 Å². The fourth-order valence-corrected chi connectivity index (χ4v) is 5.20. The van der Waals surface area contributed by atoms with Crippen molar-refractivity contribution in [2.24, 2.45) is 0 Å². The Morgan fingerprint density at radius 3 is 2.58 bits per heavy atom. The lowest BCUT2D eigenvalue weighted by Crippen LogP contribution is -2.27. The number of hydrogen-bond acceptors (Lipinski definition) is 5. The number of nitrogens with zero attached hydrogens (tertiary/aromatic N) is 2. The average Bonchev–Trinajstić information content (AvgIpc) is 3.46. The van der Waals surface area contributed by atoms with Gasteiger partial charge in [0.25, 0.3) is 5.56 Å². The number of aromatic amines is 2. The van der Waals surface area contributed by atoms with Crippen molar-refractivity contribution in [3.8, 4) is 11.5 Å². The number of aromatic nitrogens is 4. The molecule has 9 heteroatoms. The summed E-state index contributed by atoms with van der Waals surface area (Å²) in [5.41, 5.74) is 1.56. The van der Waals surface area contributed by atoms with Gasteiger partial charge in [-0.25, -0.2) is 9.67 Å². The number of pyridine rings is 1. The molecule has 5 aromatic rings. The van der Waals surface area contributed by atoms with Gasteiger partial charge in [-0.1, -0.05) is 29.8 Å². The Balaban J connectivity index is 1.38. The van der Waals surface area contributed by atoms with E-state index in [1.54, 1.807) is 29.1 Å². The number of rotatable bonds is 5. The van der Waals surface area contributed by atoms with Gasteiger partial charge in [-0.2, -0.15) is 0 Å². The fraction of sp³-hybridized carbons (Fsp3) is 0.222. The van der Waals surface area contributed by atoms with Crippen molar-refractivity contribution in [2.45, 2.75) is 37.8 Å². The summed E-state index contributed by atoms with van der Waals surface area (Å²) in [6, 6.07) is 14.2. The molecule has 36 heavy (non-hydrogen) atoms. The van der Waals surface area contributed by atoms with E-state index in [1.807, 2.05) is 30.3 Å². The molecule has 3 aromatic heterocycles. The summed E-state index contributed by atoms with van der Waals surface area (Å²) in [4.78, 5) is 34.2. The first kappa shape index (κ1) is 22.6. The van der Waals surface area contributed by atoms with Gasteiger partial charge in [0.05, 0.1) is 39.0 Å². The molecule has 182 valence electrons. The summed E-state index contributed by atoms with van der Waals surface area (Å²) in [5, 5.41) is 14.3. The van der Waals surface area contributed by atoms with E-state index in [0.29, 0.717) is 70.2 Å². The lowest BCUT2D eigenvalue weighted by Gasteiger charge is -2.25. The van der Waals surface area contributed by atoms with Crippen molar-refractivity contribution >= 4 is 39.3 Å². The van der Waals surface area contributed by atoms with Crippen LogP contribution in [0.5, 0.6) is 11.5 Å². The number of carbonyl (C=O) groups excluding carboxylic acids is 1. The minimum Gasteiger partial charge on any atom is -0.457 e. The van der Waals surface area contributed by atoms with Gasteiger partial charge in [-0.05, 0) is 49.9 Å². The molecule has 1 aliphatic carbocycles. The monoisotopic (exact) mass is 502 g/mol. The third kappa shape index (κ3) is 3.88. The van der Waals surface area contributed by atoms with Crippen LogP contribution >= 0.6 is 11.6 Å². The molecule has 3 N–H and O–H groups in total. The minimum absolute atomic E-state index is 0.0342. The van der Waals surface area contributed by atoms with Gasteiger partial charge < -0.3 is 14.8 Å². The van der Waals surface area contributed by atoms with Gasteiger partial charge in [0.2, 0.25) is 0 Å². The Kier molecular flexibility index (Phi) is 5.62. The summed E-state index contributed by atoms with van der Waals surface area (Å²) in [5.74, 6) is 0.893. The lowest BCUT2D eigenvalue weighted by atomic mass is 9.93. The van der Waals surface area contributed by atoms with E-state index in [-0.39, 0.29) is 28.5 Å². The largest absolute Gasteiger partial charge is 0.457 e. The molecule has 0 bridgehead atoms. The highest BCUT2D eigenvalue weighted by Gasteiger charge is 2.26. The molecule has 0 aliphatic heterocycles. The van der Waals surface area contributed by atoms with Gasteiger partial charge in [0, 0.05) is 24.0 Å². The van der Waals surface area contributed by atoms with E-state index >= 15 is 0 Å². The van der Waals surface area contributed by atoms with Gasteiger partial charge >= 0.3 is 0 Å². The molecule has 1 fully saturated rings. The second kappa shape index (κ2) is 8.96. The first-order valence-electron chi connectivity index (χ1n) is 11.8. The first-order chi connectivity index (χ1) is 17.5. The minimum atomic E-state index is -0.321. The predicted octanol–water partition coefficient (Wildman–Crippen LogP) is 5.36. The van der Waals surface area contributed by atoms with Crippen LogP contribution in [-0.4, -0.2) is 36.7 Å². The maximum absolute atomic E-state index is 13.6. The van der Waals surface area contributed by atoms with E-state index in [1.165, 1.54) is 6.20 Å². The van der Waals surface area contributed by atoms with Crippen LogP contribution in [0, 0.1) is 0 Å². The number of fused-ring (bicyclic) bond motifs is 3. The molecule has 0 saturated heterocycles. The van der Waals surface area contributed by atoms with Gasteiger partial charge in [-0.3, -0.25) is 14.7 Å². The zero-order valence-corrected chi connectivity index (χ0v) is 20.0. The Morgan fingerprint density at radius 2 is 1.83 bits per heavy atom. The van der Waals surface area contributed by atoms with Crippen molar-refractivity contribution < 1.29 is 14.6 Å². The van der Waals surface area contributed by atoms with Crippen LogP contribution in [0.25, 0.3) is 21.9 Å². The molecule has 6 rings (SSSR count). The standard InChI is InChI=1S/C27H23ClN4O4/c28-22-12-18(36-17-4-2-1-3-5-17)10-11-19(22)25(34)20-13-29-26-23(20)24-21(14-30-26)27(35)32(31-24)15-6-8-16(33)9-7-15/h1-5,10-16,31,33H,6-9H2,(H,29,30). The first-order valence-corrected chi connectivity index (χ1v) is 12.2. The molecule has 0 spiro atoms. The van der Waals surface area contributed by atoms with Crippen LogP contribution < -0.4 is 10.3 Å². The maximum atomic E-state index is 13.6. The molecule has 2 aromatic carbocycles. The number of aliphatic hydroxyl groups is 1. The Labute approximate surface area is 210 Å². The number of carbonyl (C=O) groups is 1. The highest BCUT2D eigenvalue weighted by atomic mass is 35.5. The summed E-state index contributed by atoms with van der Waals surface area (Å²) in [6.07, 6.45) is 5.51. The normalized spacial score (nSPS) is 18.1. The Morgan fingerprint density at radius 1 is 1.06 bits per heavy atom. The molecular weight excluding hydrogens is 480 g/mol. The predicted molar refractivity (Wildman–Crippen MR) is 137 cm³/mol. The Hall–Kier alpha value is -3.88. The van der Waals surface area contributed by atoms with Crippen LogP contribution in [0.2, 0.25) is 5.02 Å². The van der Waals surface area contributed by atoms with Gasteiger partial charge in [-0.15, -0.1) is 0 Å². The zero-order valence-electron chi connectivity index (χ0n) is 19.2. The summed E-state index contributed by atoms with van der Waals surface area (Å²) < 4.78 is 7.44. The molecule has 0 amide bonds. The van der Waals surface area contributed by atoms with Crippen molar-refractivity contribution in [3.63, 3.8) is 0 Å². The molecule has 0 radical (unpaired) electrons. The summed E-state index contributed by atoms with van der Waals surface area (Å²) in [6.45, 7) is 0. The van der Waals surface area contributed by atoms with E-state index in [2.05, 4.69) is 15.1 Å². The van der Waals surface area contributed by atoms with E-state index < -0.39 is 0 Å². The quantitative estimate of drug-likeness (QED) is 0.280. The SMILES string of the molecule is O=C(c1ccc(Oc2ccccc2)cc1Cl)c1c[nH]c2ncc3c(=O)n(C4CCC(O)CC4)[nH]c3c12. The third-order valence-corrected chi connectivity index (χ3v) is 7.14. The number of ether oxygens (including phenoxy) is 1. The molecule has 1 saturated carbocycles. The lowest BCUT2D eigenvalue weighted by molar-refractivity contribution is 0.103. The van der Waals surface area contributed by atoms with Crippen LogP contribution in [0.1, 0.15) is 47.6 Å². The van der Waals surface area contributed by atoms with Crippen molar-refractivity contribution in [1.82, 2.24) is 19.7 Å². The number of hydrogen-bond donors (Lipinski definition) is 3. The second-order valence-electron chi connectivity index (χ2n) is 9.11. The number of H-pyrrole nitrogens is 2. The van der Waals surface area contributed by atoms with Crippen LogP contribution in [0.3, 0.4) is 0 Å². The topological polar surface area (TPSA) is 113 Å². The Bertz CT molecular complexity index is 1650. The number of nitrogens with one attached hydrogen (secondary N) is 2. The van der Waals surface area contributed by atoms with Crippen LogP contribution in [-0.2, 0) is 0 Å². The molecule has 0 unspecified atom stereocenters. The number of ketones is 1. The third-order valence-electron chi connectivity index (χ3n) is 6.82. The number of para-hydroxylation sites is 1. The molecule has 0 atom stereocenters. The number of aliphatic hydroxyl groups excluding tert-OH is 1. The number of benzene rings is 2. The summed E-state index contributed by atoms with van der Waals surface area (Å²) >= 11 is 6.51. The van der Waals surface area contributed by atoms with Gasteiger partial charge in [0.1, 0.15) is 17.1 Å². The van der Waals surface area contributed by atoms with E-state index in [4.69, 9.17) is 16.3 Å². The average molecular weight is 503 g/mol. The van der Waals surface area contributed by atoms with E-state index in [9.17, 15) is 14.7 Å². The molecular formula is C27H23ClN4O4. The van der Waals surface area contributed by atoms with Crippen LogP contribution in [0.15, 0.2) is 65.7 Å². The van der Waals surface area contributed by atoms with Crippen molar-refractivity contribution in [1.29, 1.82) is 0 Å². The van der Waals surface area contributed by atoms with E-state index in [0.717, 1.165) is 0 Å². The second-order valence-corrected chi connectivity index (χ2v) is 9.52. The molecule has 8 nitrogen and oxygen atoms in total. The van der Waals surface area contributed by atoms with Crippen molar-refractivity contribution in [2.75, 3.05) is 0 Å². The number of halogens is 1. The summed E-state index contributed by atoms with van der Waals surface area (Å²) in [7, 11) is 0. The van der Waals surface area contributed by atoms with Crippen LogP contribution in [0.4, 0.5) is 0 Å². The maximum Gasteiger partial charge on any atom is 0.276 e.